The number of rotatable bonds is 8. The molecule has 0 unspecified atom stereocenters. The minimum absolute atomic E-state index is 0.232. The normalized spacial score (nSPS) is 12.2. The van der Waals surface area contributed by atoms with Gasteiger partial charge in [-0.25, -0.2) is 0 Å². The summed E-state index contributed by atoms with van der Waals surface area (Å²) in [5.74, 6) is 0.0453. The quantitative estimate of drug-likeness (QED) is 0.133. The molecule has 0 spiro atoms. The highest BCUT2D eigenvalue weighted by Crippen LogP contribution is 2.46. The number of benzene rings is 4. The number of Topliss-reactive ketones (excluding diaryl/α,β-unsaturated/α-hetero) is 2. The Morgan fingerprint density at radius 1 is 0.442 bits per heavy atom. The van der Waals surface area contributed by atoms with E-state index in [1.54, 1.807) is 72.8 Å². The Hall–Kier alpha value is -1.57. The van der Waals surface area contributed by atoms with Gasteiger partial charge in [0.05, 0.1) is 5.92 Å². The Labute approximate surface area is 292 Å². The van der Waals surface area contributed by atoms with E-state index < -0.39 is 28.9 Å². The molecule has 0 saturated carbocycles. The molecule has 4 nitrogen and oxygen atoms in total. The predicted octanol–water partition coefficient (Wildman–Crippen LogP) is 11.9. The number of ketones is 2. The number of hydrogen-bond donors (Lipinski definition) is 0. The fourth-order valence-corrected chi connectivity index (χ4v) is 5.39. The van der Waals surface area contributed by atoms with Gasteiger partial charge < -0.3 is 9.47 Å². The summed E-state index contributed by atoms with van der Waals surface area (Å²) in [5.41, 5.74) is 1.91. The molecule has 0 N–H and O–H groups in total. The van der Waals surface area contributed by atoms with Crippen molar-refractivity contribution in [3.63, 3.8) is 0 Å². The van der Waals surface area contributed by atoms with Crippen LogP contribution in [0.4, 0.5) is 0 Å². The highest BCUT2D eigenvalue weighted by molar-refractivity contribution is 6.78. The third kappa shape index (κ3) is 9.23. The van der Waals surface area contributed by atoms with Gasteiger partial charge in [-0.15, -0.1) is 0 Å². The molecule has 0 saturated heterocycles. The van der Waals surface area contributed by atoms with Gasteiger partial charge in [-0.1, -0.05) is 129 Å². The first kappa shape index (κ1) is 34.3. The first-order valence-corrected chi connectivity index (χ1v) is 15.5. The van der Waals surface area contributed by atoms with E-state index in [4.69, 9.17) is 114 Å². The Morgan fingerprint density at radius 2 is 0.698 bits per heavy atom. The van der Waals surface area contributed by atoms with Crippen molar-refractivity contribution in [2.75, 3.05) is 0 Å². The fraction of sp³-hybridized carbons (Fsp3) is 0.133. The number of carbonyl (C=O) groups excluding carboxylic acids is 2. The standard InChI is InChI=1S/C30H17Cl9O4/c31-28(32,33)25(17-1-9-21(10-2-17)42-23-13-5-19(6-14-23)26(40)29(34,35)36)18-3-11-22(12-4-18)43-24-15-7-20(8-16-24)27(41)30(37,38)39/h1-16,25H. The van der Waals surface area contributed by atoms with Crippen molar-refractivity contribution in [2.45, 2.75) is 17.3 Å². The molecule has 43 heavy (non-hydrogen) atoms. The number of carbonyl (C=O) groups is 2. The van der Waals surface area contributed by atoms with Crippen LogP contribution in [0.1, 0.15) is 37.8 Å². The summed E-state index contributed by atoms with van der Waals surface area (Å²) >= 11 is 53.2. The van der Waals surface area contributed by atoms with Gasteiger partial charge >= 0.3 is 0 Å². The Bertz CT molecular complexity index is 1460. The molecule has 4 aromatic rings. The number of ether oxygens (including phenoxy) is 2. The second-order valence-corrected chi connectivity index (χ2v) is 16.0. The Kier molecular flexibility index (Phi) is 11.0. The molecule has 0 heterocycles. The van der Waals surface area contributed by atoms with Crippen molar-refractivity contribution in [3.05, 3.63) is 119 Å². The summed E-state index contributed by atoms with van der Waals surface area (Å²) in [5, 5.41) is 0. The average Bonchev–Trinajstić information content (AvgIpc) is 2.93. The van der Waals surface area contributed by atoms with Gasteiger partial charge in [0, 0.05) is 11.1 Å². The average molecular weight is 761 g/mol. The number of alkyl halides is 9. The van der Waals surface area contributed by atoms with Crippen LogP contribution in [0.15, 0.2) is 97.1 Å². The van der Waals surface area contributed by atoms with Crippen molar-refractivity contribution >= 4 is 116 Å². The molecule has 0 atom stereocenters. The summed E-state index contributed by atoms with van der Waals surface area (Å²) < 4.78 is 5.97. The molecular formula is C30H17Cl9O4. The van der Waals surface area contributed by atoms with E-state index in [0.29, 0.717) is 23.0 Å². The third-order valence-electron chi connectivity index (χ3n) is 5.97. The minimum Gasteiger partial charge on any atom is -0.457 e. The van der Waals surface area contributed by atoms with Crippen LogP contribution >= 0.6 is 104 Å². The summed E-state index contributed by atoms with van der Waals surface area (Å²) in [6.07, 6.45) is 0. The van der Waals surface area contributed by atoms with Gasteiger partial charge in [0.25, 0.3) is 7.59 Å². The van der Waals surface area contributed by atoms with E-state index in [1.165, 1.54) is 24.3 Å². The van der Waals surface area contributed by atoms with Gasteiger partial charge in [0.2, 0.25) is 15.4 Å². The summed E-state index contributed by atoms with van der Waals surface area (Å²) in [7, 11) is 0. The maximum atomic E-state index is 12.1. The molecule has 0 bridgehead atoms. The molecule has 0 aliphatic rings. The highest BCUT2D eigenvalue weighted by atomic mass is 35.6. The van der Waals surface area contributed by atoms with E-state index >= 15 is 0 Å². The van der Waals surface area contributed by atoms with Crippen LogP contribution in [0.5, 0.6) is 23.0 Å². The van der Waals surface area contributed by atoms with Crippen LogP contribution in [0, 0.1) is 0 Å². The smallest absolute Gasteiger partial charge is 0.253 e. The molecule has 0 amide bonds. The highest BCUT2D eigenvalue weighted by Gasteiger charge is 2.36. The molecule has 4 aromatic carbocycles. The lowest BCUT2D eigenvalue weighted by atomic mass is 9.92. The lowest BCUT2D eigenvalue weighted by molar-refractivity contribution is 0.0988. The second kappa shape index (κ2) is 13.8. The van der Waals surface area contributed by atoms with Gasteiger partial charge in [-0.2, -0.15) is 0 Å². The van der Waals surface area contributed by atoms with E-state index in [-0.39, 0.29) is 11.1 Å². The summed E-state index contributed by atoms with van der Waals surface area (Å²) in [6.45, 7) is 0. The molecule has 0 aliphatic heterocycles. The van der Waals surface area contributed by atoms with Crippen molar-refractivity contribution < 1.29 is 19.1 Å². The molecule has 4 rings (SSSR count). The maximum Gasteiger partial charge on any atom is 0.253 e. The zero-order chi connectivity index (χ0) is 31.6. The summed E-state index contributed by atoms with van der Waals surface area (Å²) in [4.78, 5) is 24.2. The molecule has 0 aromatic heterocycles. The Morgan fingerprint density at radius 3 is 0.930 bits per heavy atom. The zero-order valence-corrected chi connectivity index (χ0v) is 28.2. The first-order valence-electron chi connectivity index (χ1n) is 12.1. The number of hydrogen-bond acceptors (Lipinski definition) is 4. The van der Waals surface area contributed by atoms with Crippen molar-refractivity contribution in [3.8, 4) is 23.0 Å². The Balaban J connectivity index is 1.46. The topological polar surface area (TPSA) is 52.6 Å². The summed E-state index contributed by atoms with van der Waals surface area (Å²) in [6, 6.07) is 26.4. The molecule has 13 heteroatoms. The minimum atomic E-state index is -2.05. The van der Waals surface area contributed by atoms with Crippen LogP contribution < -0.4 is 9.47 Å². The van der Waals surface area contributed by atoms with Gasteiger partial charge in [0.1, 0.15) is 23.0 Å². The predicted molar refractivity (Wildman–Crippen MR) is 177 cm³/mol. The van der Waals surface area contributed by atoms with Crippen molar-refractivity contribution in [2.24, 2.45) is 0 Å². The number of halogens is 9. The third-order valence-corrected chi connectivity index (χ3v) is 7.66. The van der Waals surface area contributed by atoms with Gasteiger partial charge in [-0.3, -0.25) is 9.59 Å². The van der Waals surface area contributed by atoms with Gasteiger partial charge in [-0.05, 0) is 83.9 Å². The van der Waals surface area contributed by atoms with Crippen molar-refractivity contribution in [1.82, 2.24) is 0 Å². The first-order chi connectivity index (χ1) is 20.0. The SMILES string of the molecule is O=C(c1ccc(Oc2ccc(C(c3ccc(Oc4ccc(C(=O)C(Cl)(Cl)Cl)cc4)cc3)C(Cl)(Cl)Cl)cc2)cc1)C(Cl)(Cl)Cl. The van der Waals surface area contributed by atoms with Crippen LogP contribution in [-0.4, -0.2) is 22.9 Å². The van der Waals surface area contributed by atoms with E-state index in [1.807, 2.05) is 0 Å². The van der Waals surface area contributed by atoms with Crippen LogP contribution in [0.3, 0.4) is 0 Å². The van der Waals surface area contributed by atoms with Crippen LogP contribution in [-0.2, 0) is 0 Å². The van der Waals surface area contributed by atoms with E-state index in [2.05, 4.69) is 0 Å². The molecule has 224 valence electrons. The van der Waals surface area contributed by atoms with Crippen molar-refractivity contribution in [1.29, 1.82) is 0 Å². The maximum absolute atomic E-state index is 12.1. The fourth-order valence-electron chi connectivity index (χ4n) is 3.98. The van der Waals surface area contributed by atoms with E-state index in [9.17, 15) is 9.59 Å². The van der Waals surface area contributed by atoms with Crippen LogP contribution in [0.25, 0.3) is 0 Å². The second-order valence-electron chi connectivity index (χ2n) is 9.02. The van der Waals surface area contributed by atoms with E-state index in [0.717, 1.165) is 11.1 Å². The molecule has 0 fully saturated rings. The largest absolute Gasteiger partial charge is 0.457 e. The molecule has 0 radical (unpaired) electrons. The lowest BCUT2D eigenvalue weighted by Gasteiger charge is -2.26. The monoisotopic (exact) mass is 756 g/mol. The zero-order valence-electron chi connectivity index (χ0n) is 21.3. The van der Waals surface area contributed by atoms with Gasteiger partial charge in [0.15, 0.2) is 0 Å². The van der Waals surface area contributed by atoms with Crippen LogP contribution in [0.2, 0.25) is 0 Å². The lowest BCUT2D eigenvalue weighted by Crippen LogP contribution is -2.18. The molecular weight excluding hydrogens is 743 g/mol. The molecule has 0 aliphatic carbocycles.